The smallest absolute Gasteiger partial charge is 0.194 e. The van der Waals surface area contributed by atoms with Gasteiger partial charge in [-0.15, -0.1) is 0 Å². The van der Waals surface area contributed by atoms with Crippen LogP contribution >= 0.6 is 46.4 Å². The molecule has 0 atom stereocenters. The highest BCUT2D eigenvalue weighted by atomic mass is 35.5. The van der Waals surface area contributed by atoms with Crippen molar-refractivity contribution in [1.82, 2.24) is 0 Å². The number of ketones is 2. The zero-order chi connectivity index (χ0) is 17.4. The molecule has 24 heavy (non-hydrogen) atoms. The largest absolute Gasteiger partial charge is 0.290 e. The Hall–Kier alpha value is -1.58. The zero-order valence-corrected chi connectivity index (χ0v) is 15.0. The number of halogens is 4. The molecule has 0 aliphatic heterocycles. The molecule has 0 radical (unpaired) electrons. The third-order valence-electron chi connectivity index (χ3n) is 3.50. The van der Waals surface area contributed by atoms with E-state index in [1.165, 1.54) is 12.2 Å². The molecule has 1 aliphatic rings. The predicted octanol–water partition coefficient (Wildman–Crippen LogP) is 5.92. The molecule has 6 heteroatoms. The normalized spacial score (nSPS) is 14.5. The Morgan fingerprint density at radius 1 is 0.625 bits per heavy atom. The van der Waals surface area contributed by atoms with Crippen LogP contribution in [0, 0.1) is 0 Å². The van der Waals surface area contributed by atoms with Gasteiger partial charge in [0.1, 0.15) is 0 Å². The Balaban J connectivity index is 2.13. The summed E-state index contributed by atoms with van der Waals surface area (Å²) in [6.07, 6.45) is 2.48. The average Bonchev–Trinajstić information content (AvgIpc) is 2.54. The van der Waals surface area contributed by atoms with Gasteiger partial charge < -0.3 is 0 Å². The summed E-state index contributed by atoms with van der Waals surface area (Å²) in [6.45, 7) is 0. The molecule has 2 aromatic rings. The standard InChI is InChI=1S/C18H8Cl4O2/c19-9-1-3-16(21)12(5-9)14-7-11(23)8-15(18(14)24)13-6-10(20)2-4-17(13)22/h1-8H. The Morgan fingerprint density at radius 2 is 1.04 bits per heavy atom. The lowest BCUT2D eigenvalue weighted by molar-refractivity contribution is -0.112. The number of carbonyl (C=O) groups excluding carboxylic acids is 2. The van der Waals surface area contributed by atoms with Gasteiger partial charge in [0.05, 0.1) is 0 Å². The van der Waals surface area contributed by atoms with Gasteiger partial charge in [0.15, 0.2) is 11.6 Å². The molecule has 0 amide bonds. The van der Waals surface area contributed by atoms with Gasteiger partial charge in [-0.25, -0.2) is 0 Å². The van der Waals surface area contributed by atoms with Crippen LogP contribution in [0.25, 0.3) is 11.1 Å². The SMILES string of the molecule is O=C1C=C(c2cc(Cl)ccc2Cl)C(=O)C(c2cc(Cl)ccc2Cl)=C1. The van der Waals surface area contributed by atoms with Crippen LogP contribution in [0.2, 0.25) is 20.1 Å². The molecule has 2 aromatic carbocycles. The van der Waals surface area contributed by atoms with Crippen molar-refractivity contribution in [3.63, 3.8) is 0 Å². The minimum Gasteiger partial charge on any atom is -0.290 e. The predicted molar refractivity (Wildman–Crippen MR) is 98.9 cm³/mol. The van der Waals surface area contributed by atoms with E-state index in [0.29, 0.717) is 31.2 Å². The minimum atomic E-state index is -0.372. The van der Waals surface area contributed by atoms with Gasteiger partial charge in [0.25, 0.3) is 0 Å². The molecule has 0 spiro atoms. The summed E-state index contributed by atoms with van der Waals surface area (Å²) in [7, 11) is 0. The van der Waals surface area contributed by atoms with Crippen molar-refractivity contribution in [3.05, 3.63) is 79.8 Å². The summed E-state index contributed by atoms with van der Waals surface area (Å²) in [5.74, 6) is -0.713. The maximum absolute atomic E-state index is 12.9. The van der Waals surface area contributed by atoms with Crippen LogP contribution in [0.4, 0.5) is 0 Å². The number of carbonyl (C=O) groups is 2. The molecule has 0 heterocycles. The number of allylic oxidation sites excluding steroid dienone is 4. The van der Waals surface area contributed by atoms with E-state index < -0.39 is 0 Å². The lowest BCUT2D eigenvalue weighted by atomic mass is 9.87. The van der Waals surface area contributed by atoms with Crippen LogP contribution < -0.4 is 0 Å². The first-order valence-electron chi connectivity index (χ1n) is 6.79. The molecule has 0 unspecified atom stereocenters. The highest BCUT2D eigenvalue weighted by molar-refractivity contribution is 6.51. The first kappa shape index (κ1) is 17.2. The summed E-state index contributed by atoms with van der Waals surface area (Å²) in [4.78, 5) is 25.0. The Bertz CT molecular complexity index is 869. The van der Waals surface area contributed by atoms with Crippen molar-refractivity contribution in [1.29, 1.82) is 0 Å². The highest BCUT2D eigenvalue weighted by Crippen LogP contribution is 2.36. The van der Waals surface area contributed by atoms with E-state index in [1.54, 1.807) is 36.4 Å². The van der Waals surface area contributed by atoms with E-state index in [2.05, 4.69) is 0 Å². The van der Waals surface area contributed by atoms with Gasteiger partial charge in [0.2, 0.25) is 0 Å². The van der Waals surface area contributed by atoms with Crippen molar-refractivity contribution in [3.8, 4) is 0 Å². The molecular formula is C18H8Cl4O2. The van der Waals surface area contributed by atoms with E-state index >= 15 is 0 Å². The third kappa shape index (κ3) is 3.28. The fourth-order valence-corrected chi connectivity index (χ4v) is 3.19. The second-order valence-electron chi connectivity index (χ2n) is 5.10. The van der Waals surface area contributed by atoms with E-state index in [9.17, 15) is 9.59 Å². The molecule has 120 valence electrons. The van der Waals surface area contributed by atoms with Gasteiger partial charge >= 0.3 is 0 Å². The van der Waals surface area contributed by atoms with Gasteiger partial charge in [0, 0.05) is 42.4 Å². The van der Waals surface area contributed by atoms with Gasteiger partial charge in [-0.2, -0.15) is 0 Å². The first-order valence-corrected chi connectivity index (χ1v) is 8.31. The van der Waals surface area contributed by atoms with Crippen LogP contribution in [0.15, 0.2) is 48.6 Å². The Labute approximate surface area is 158 Å². The van der Waals surface area contributed by atoms with Crippen molar-refractivity contribution >= 4 is 69.1 Å². The fourth-order valence-electron chi connectivity index (χ4n) is 2.41. The summed E-state index contributed by atoms with van der Waals surface area (Å²) in [5, 5.41) is 1.47. The topological polar surface area (TPSA) is 34.1 Å². The third-order valence-corrected chi connectivity index (χ3v) is 4.63. The summed E-state index contributed by atoms with van der Waals surface area (Å²) < 4.78 is 0. The van der Waals surface area contributed by atoms with Gasteiger partial charge in [-0.1, -0.05) is 46.4 Å². The second-order valence-corrected chi connectivity index (χ2v) is 6.78. The maximum atomic E-state index is 12.9. The first-order chi connectivity index (χ1) is 11.4. The molecular weight excluding hydrogens is 390 g/mol. The number of hydrogen-bond donors (Lipinski definition) is 0. The molecule has 0 saturated heterocycles. The number of Topliss-reactive ketones (excluding diaryl/α,β-unsaturated/α-hetero) is 1. The maximum Gasteiger partial charge on any atom is 0.194 e. The molecule has 0 N–H and O–H groups in total. The van der Waals surface area contributed by atoms with Crippen molar-refractivity contribution in [2.24, 2.45) is 0 Å². The highest BCUT2D eigenvalue weighted by Gasteiger charge is 2.27. The molecule has 2 nitrogen and oxygen atoms in total. The van der Waals surface area contributed by atoms with Crippen molar-refractivity contribution in [2.45, 2.75) is 0 Å². The Morgan fingerprint density at radius 3 is 1.46 bits per heavy atom. The molecule has 0 bridgehead atoms. The van der Waals surface area contributed by atoms with E-state index in [4.69, 9.17) is 46.4 Å². The van der Waals surface area contributed by atoms with Crippen LogP contribution in [-0.2, 0) is 9.59 Å². The molecule has 0 fully saturated rings. The molecule has 0 saturated carbocycles. The number of rotatable bonds is 2. The Kier molecular flexibility index (Phi) is 4.84. The van der Waals surface area contributed by atoms with E-state index in [0.717, 1.165) is 0 Å². The quantitative estimate of drug-likeness (QED) is 0.589. The van der Waals surface area contributed by atoms with Crippen LogP contribution in [0.5, 0.6) is 0 Å². The second kappa shape index (κ2) is 6.73. The van der Waals surface area contributed by atoms with E-state index in [-0.39, 0.29) is 22.7 Å². The van der Waals surface area contributed by atoms with Crippen LogP contribution in [0.1, 0.15) is 11.1 Å². The monoisotopic (exact) mass is 396 g/mol. The van der Waals surface area contributed by atoms with Gasteiger partial charge in [-0.3, -0.25) is 9.59 Å². The molecule has 3 rings (SSSR count). The van der Waals surface area contributed by atoms with Crippen LogP contribution in [0.3, 0.4) is 0 Å². The summed E-state index contributed by atoms with van der Waals surface area (Å²) >= 11 is 24.3. The summed E-state index contributed by atoms with van der Waals surface area (Å²) in [6, 6.07) is 9.44. The van der Waals surface area contributed by atoms with Gasteiger partial charge in [-0.05, 0) is 48.6 Å². The van der Waals surface area contributed by atoms with Crippen LogP contribution in [-0.4, -0.2) is 11.6 Å². The lowest BCUT2D eigenvalue weighted by Gasteiger charge is -2.16. The molecule has 0 aromatic heterocycles. The minimum absolute atomic E-state index is 0.168. The molecule has 1 aliphatic carbocycles. The van der Waals surface area contributed by atoms with E-state index in [1.807, 2.05) is 0 Å². The van der Waals surface area contributed by atoms with Crippen molar-refractivity contribution < 1.29 is 9.59 Å². The zero-order valence-electron chi connectivity index (χ0n) is 11.9. The van der Waals surface area contributed by atoms with Crippen molar-refractivity contribution in [2.75, 3.05) is 0 Å². The summed E-state index contributed by atoms with van der Waals surface area (Å²) in [5.41, 5.74) is 1.12. The average molecular weight is 398 g/mol. The lowest BCUT2D eigenvalue weighted by Crippen LogP contribution is -2.13. The number of benzene rings is 2. The fraction of sp³-hybridized carbons (Fsp3) is 0. The number of hydrogen-bond acceptors (Lipinski definition) is 2.